The van der Waals surface area contributed by atoms with E-state index >= 15 is 0 Å². The number of amides is 1. The Kier molecular flexibility index (Phi) is 8.42. The summed E-state index contributed by atoms with van der Waals surface area (Å²) < 4.78 is 4.65. The van der Waals surface area contributed by atoms with Gasteiger partial charge in [0.1, 0.15) is 6.54 Å². The molecule has 0 aromatic carbocycles. The second kappa shape index (κ2) is 9.20. The molecule has 0 radical (unpaired) electrons. The van der Waals surface area contributed by atoms with E-state index in [4.69, 9.17) is 0 Å². The van der Waals surface area contributed by atoms with Crippen molar-refractivity contribution in [2.75, 3.05) is 26.7 Å². The van der Waals surface area contributed by atoms with E-state index in [1.54, 1.807) is 6.92 Å². The number of esters is 1. The Labute approximate surface area is 126 Å². The lowest BCUT2D eigenvalue weighted by Gasteiger charge is -2.20. The Morgan fingerprint density at radius 3 is 2.33 bits per heavy atom. The monoisotopic (exact) mass is 300 g/mol. The maximum atomic E-state index is 11.7. The lowest BCUT2D eigenvalue weighted by Crippen LogP contribution is -2.44. The maximum absolute atomic E-state index is 11.7. The van der Waals surface area contributed by atoms with Crippen LogP contribution in [0.3, 0.4) is 0 Å². The van der Waals surface area contributed by atoms with Gasteiger partial charge in [-0.2, -0.15) is 0 Å². The fraction of sp³-hybridized carbons (Fsp3) is 0.786. The lowest BCUT2D eigenvalue weighted by molar-refractivity contribution is -0.144. The van der Waals surface area contributed by atoms with Crippen LogP contribution >= 0.6 is 0 Å². The molecule has 0 aliphatic carbocycles. The van der Waals surface area contributed by atoms with Crippen molar-refractivity contribution in [2.45, 2.75) is 40.2 Å². The first-order valence-corrected chi connectivity index (χ1v) is 7.10. The number of ether oxygens (including phenoxy) is 1. The summed E-state index contributed by atoms with van der Waals surface area (Å²) in [6, 6.07) is 0. The fourth-order valence-corrected chi connectivity index (χ4v) is 1.48. The van der Waals surface area contributed by atoms with Crippen LogP contribution in [-0.4, -0.2) is 50.1 Å². The molecule has 7 nitrogen and oxygen atoms in total. The molecule has 0 fully saturated rings. The van der Waals surface area contributed by atoms with Gasteiger partial charge in [0, 0.05) is 18.6 Å². The Morgan fingerprint density at radius 1 is 1.24 bits per heavy atom. The molecule has 21 heavy (non-hydrogen) atoms. The van der Waals surface area contributed by atoms with Crippen LogP contribution in [0.1, 0.15) is 34.6 Å². The number of guanidine groups is 1. The number of rotatable bonds is 6. The quantitative estimate of drug-likeness (QED) is 0.372. The average molecular weight is 300 g/mol. The number of hydrogen-bond donors (Lipinski definition) is 3. The van der Waals surface area contributed by atoms with E-state index in [0.717, 1.165) is 0 Å². The predicted octanol–water partition coefficient (Wildman–Crippen LogP) is 0.265. The number of carbonyl (C=O) groups is 2. The van der Waals surface area contributed by atoms with Gasteiger partial charge in [0.2, 0.25) is 5.91 Å². The molecule has 1 atom stereocenters. The fourth-order valence-electron chi connectivity index (χ4n) is 1.48. The molecule has 0 saturated carbocycles. The molecular weight excluding hydrogens is 272 g/mol. The van der Waals surface area contributed by atoms with Crippen LogP contribution in [0.2, 0.25) is 0 Å². The number of hydrogen-bond acceptors (Lipinski definition) is 4. The van der Waals surface area contributed by atoms with E-state index in [9.17, 15) is 9.59 Å². The van der Waals surface area contributed by atoms with Gasteiger partial charge in [0.05, 0.1) is 13.0 Å². The summed E-state index contributed by atoms with van der Waals surface area (Å²) in [4.78, 5) is 27.2. The second-order valence-electron chi connectivity index (χ2n) is 5.80. The van der Waals surface area contributed by atoms with Crippen molar-refractivity contribution in [3.8, 4) is 0 Å². The van der Waals surface area contributed by atoms with Gasteiger partial charge in [0.15, 0.2) is 5.96 Å². The third-order valence-electron chi connectivity index (χ3n) is 2.42. The van der Waals surface area contributed by atoms with E-state index in [-0.39, 0.29) is 29.9 Å². The molecular formula is C14H28N4O3. The van der Waals surface area contributed by atoms with Gasteiger partial charge in [-0.1, -0.05) is 6.92 Å². The molecule has 0 aliphatic heterocycles. The standard InChI is InChI=1S/C14H28N4O3/c1-7-15-13(16-8-10(2)12(20)21-6)17-9-11(19)18-14(3,4)5/h10H,7-9H2,1-6H3,(H,18,19)(H2,15,16,17). The lowest BCUT2D eigenvalue weighted by atomic mass is 10.1. The molecule has 0 aliphatic rings. The molecule has 0 aromatic rings. The number of methoxy groups -OCH3 is 1. The first kappa shape index (κ1) is 19.2. The van der Waals surface area contributed by atoms with Gasteiger partial charge in [0.25, 0.3) is 0 Å². The van der Waals surface area contributed by atoms with Crippen LogP contribution in [0.4, 0.5) is 0 Å². The van der Waals surface area contributed by atoms with Gasteiger partial charge < -0.3 is 20.7 Å². The molecule has 0 spiro atoms. The highest BCUT2D eigenvalue weighted by molar-refractivity contribution is 5.85. The third kappa shape index (κ3) is 9.70. The molecule has 122 valence electrons. The normalized spacial score (nSPS) is 13.3. The summed E-state index contributed by atoms with van der Waals surface area (Å²) in [5.74, 6) is -0.232. The highest BCUT2D eigenvalue weighted by atomic mass is 16.5. The van der Waals surface area contributed by atoms with E-state index in [1.807, 2.05) is 27.7 Å². The van der Waals surface area contributed by atoms with Crippen LogP contribution in [0.5, 0.6) is 0 Å². The van der Waals surface area contributed by atoms with E-state index < -0.39 is 0 Å². The largest absolute Gasteiger partial charge is 0.469 e. The Morgan fingerprint density at radius 2 is 1.86 bits per heavy atom. The van der Waals surface area contributed by atoms with Crippen molar-refractivity contribution in [1.82, 2.24) is 16.0 Å². The number of aliphatic imine (C=N–C) groups is 1. The topological polar surface area (TPSA) is 91.8 Å². The highest BCUT2D eigenvalue weighted by Gasteiger charge is 2.15. The van der Waals surface area contributed by atoms with Crippen LogP contribution < -0.4 is 16.0 Å². The predicted molar refractivity (Wildman–Crippen MR) is 83.1 cm³/mol. The zero-order valence-corrected chi connectivity index (χ0v) is 13.9. The van der Waals surface area contributed by atoms with Gasteiger partial charge in [-0.15, -0.1) is 0 Å². The van der Waals surface area contributed by atoms with Crippen molar-refractivity contribution in [3.63, 3.8) is 0 Å². The highest BCUT2D eigenvalue weighted by Crippen LogP contribution is 1.98. The Balaban J connectivity index is 4.43. The van der Waals surface area contributed by atoms with Crippen molar-refractivity contribution in [1.29, 1.82) is 0 Å². The van der Waals surface area contributed by atoms with Gasteiger partial charge in [-0.05, 0) is 27.7 Å². The molecule has 0 heterocycles. The molecule has 0 rings (SSSR count). The molecule has 1 amide bonds. The summed E-state index contributed by atoms with van der Waals surface area (Å²) in [5.41, 5.74) is -0.280. The molecule has 0 aromatic heterocycles. The molecule has 0 bridgehead atoms. The Bertz CT molecular complexity index is 375. The van der Waals surface area contributed by atoms with Gasteiger partial charge in [-0.25, -0.2) is 4.99 Å². The van der Waals surface area contributed by atoms with Crippen molar-refractivity contribution >= 4 is 17.8 Å². The first-order chi connectivity index (χ1) is 9.69. The van der Waals surface area contributed by atoms with E-state index in [0.29, 0.717) is 19.0 Å². The van der Waals surface area contributed by atoms with Crippen LogP contribution in [0, 0.1) is 5.92 Å². The molecule has 7 heteroatoms. The van der Waals surface area contributed by atoms with Gasteiger partial charge >= 0.3 is 5.97 Å². The van der Waals surface area contributed by atoms with Gasteiger partial charge in [-0.3, -0.25) is 9.59 Å². The van der Waals surface area contributed by atoms with Crippen molar-refractivity contribution < 1.29 is 14.3 Å². The Hall–Kier alpha value is -1.79. The molecule has 0 saturated heterocycles. The molecule has 3 N–H and O–H groups in total. The summed E-state index contributed by atoms with van der Waals surface area (Å²) in [6.07, 6.45) is 0. The summed E-state index contributed by atoms with van der Waals surface area (Å²) in [6.45, 7) is 10.5. The number of nitrogens with zero attached hydrogens (tertiary/aromatic N) is 1. The minimum absolute atomic E-state index is 0.0270. The minimum atomic E-state index is -0.290. The van der Waals surface area contributed by atoms with Crippen LogP contribution in [0.25, 0.3) is 0 Å². The zero-order valence-electron chi connectivity index (χ0n) is 13.9. The SMILES string of the molecule is CCNC(=NCC(=O)NC(C)(C)C)NCC(C)C(=O)OC. The van der Waals surface area contributed by atoms with Crippen molar-refractivity contribution in [3.05, 3.63) is 0 Å². The van der Waals surface area contributed by atoms with E-state index in [2.05, 4.69) is 25.7 Å². The number of carbonyl (C=O) groups excluding carboxylic acids is 2. The van der Waals surface area contributed by atoms with Crippen molar-refractivity contribution in [2.24, 2.45) is 10.9 Å². The zero-order chi connectivity index (χ0) is 16.5. The average Bonchev–Trinajstić information content (AvgIpc) is 2.38. The summed E-state index contributed by atoms with van der Waals surface area (Å²) in [5, 5.41) is 8.86. The van der Waals surface area contributed by atoms with Crippen LogP contribution in [0.15, 0.2) is 4.99 Å². The summed E-state index contributed by atoms with van der Waals surface area (Å²) >= 11 is 0. The van der Waals surface area contributed by atoms with E-state index in [1.165, 1.54) is 7.11 Å². The second-order valence-corrected chi connectivity index (χ2v) is 5.80. The van der Waals surface area contributed by atoms with Crippen LogP contribution in [-0.2, 0) is 14.3 Å². The minimum Gasteiger partial charge on any atom is -0.469 e. The molecule has 1 unspecified atom stereocenters. The number of nitrogens with one attached hydrogen (secondary N) is 3. The first-order valence-electron chi connectivity index (χ1n) is 7.10. The summed E-state index contributed by atoms with van der Waals surface area (Å²) in [7, 11) is 1.36. The third-order valence-corrected chi connectivity index (χ3v) is 2.42. The maximum Gasteiger partial charge on any atom is 0.310 e. The smallest absolute Gasteiger partial charge is 0.310 e.